The summed E-state index contributed by atoms with van der Waals surface area (Å²) in [5, 5.41) is 2.87. The van der Waals surface area contributed by atoms with Gasteiger partial charge in [-0.05, 0) is 49.1 Å². The SMILES string of the molecule is CC[C@@H](C)N(Cc1cc(NC(=O)COC)ccc1N(C)C)C(=O)[C@H](CC)c1ccccc1. The zero-order valence-electron chi connectivity index (χ0n) is 20.2. The smallest absolute Gasteiger partial charge is 0.250 e. The molecule has 174 valence electrons. The maximum Gasteiger partial charge on any atom is 0.250 e. The molecular formula is C26H37N3O3. The Morgan fingerprint density at radius 1 is 1.03 bits per heavy atom. The molecule has 32 heavy (non-hydrogen) atoms. The van der Waals surface area contributed by atoms with Gasteiger partial charge < -0.3 is 19.9 Å². The molecule has 2 aromatic carbocycles. The summed E-state index contributed by atoms with van der Waals surface area (Å²) in [5.74, 6) is -0.259. The lowest BCUT2D eigenvalue weighted by Crippen LogP contribution is -2.41. The van der Waals surface area contributed by atoms with Gasteiger partial charge in [0.25, 0.3) is 0 Å². The van der Waals surface area contributed by atoms with Gasteiger partial charge >= 0.3 is 0 Å². The molecule has 2 aromatic rings. The van der Waals surface area contributed by atoms with E-state index in [1.165, 1.54) is 7.11 Å². The van der Waals surface area contributed by atoms with Crippen LogP contribution >= 0.6 is 0 Å². The van der Waals surface area contributed by atoms with Gasteiger partial charge in [0.05, 0.1) is 5.92 Å². The molecular weight excluding hydrogens is 402 g/mol. The second-order valence-corrected chi connectivity index (χ2v) is 8.31. The Hall–Kier alpha value is -2.86. The molecule has 6 nitrogen and oxygen atoms in total. The fourth-order valence-corrected chi connectivity index (χ4v) is 3.85. The molecule has 0 radical (unpaired) electrons. The minimum absolute atomic E-state index is 0.00248. The number of ether oxygens (including phenoxy) is 1. The summed E-state index contributed by atoms with van der Waals surface area (Å²) in [4.78, 5) is 29.7. The Kier molecular flexibility index (Phi) is 9.72. The lowest BCUT2D eigenvalue weighted by molar-refractivity contribution is -0.135. The molecule has 0 fully saturated rings. The van der Waals surface area contributed by atoms with Crippen molar-refractivity contribution in [3.63, 3.8) is 0 Å². The first-order valence-corrected chi connectivity index (χ1v) is 11.3. The highest BCUT2D eigenvalue weighted by Crippen LogP contribution is 2.29. The van der Waals surface area contributed by atoms with Crippen molar-refractivity contribution in [1.29, 1.82) is 0 Å². The number of carbonyl (C=O) groups excluding carboxylic acids is 2. The minimum atomic E-state index is -0.207. The summed E-state index contributed by atoms with van der Waals surface area (Å²) in [7, 11) is 5.46. The Labute approximate surface area is 192 Å². The van der Waals surface area contributed by atoms with Crippen molar-refractivity contribution in [1.82, 2.24) is 4.90 Å². The van der Waals surface area contributed by atoms with Crippen molar-refractivity contribution < 1.29 is 14.3 Å². The van der Waals surface area contributed by atoms with Crippen LogP contribution < -0.4 is 10.2 Å². The molecule has 6 heteroatoms. The second-order valence-electron chi connectivity index (χ2n) is 8.31. The monoisotopic (exact) mass is 439 g/mol. The highest BCUT2D eigenvalue weighted by atomic mass is 16.5. The van der Waals surface area contributed by atoms with E-state index in [1.807, 2.05) is 72.4 Å². The maximum atomic E-state index is 13.7. The molecule has 0 saturated heterocycles. The number of anilines is 2. The molecule has 0 aliphatic rings. The zero-order chi connectivity index (χ0) is 23.7. The van der Waals surface area contributed by atoms with Gasteiger partial charge in [-0.25, -0.2) is 0 Å². The molecule has 0 unspecified atom stereocenters. The van der Waals surface area contributed by atoms with Gasteiger partial charge in [-0.15, -0.1) is 0 Å². The van der Waals surface area contributed by atoms with Crippen molar-refractivity contribution in [2.24, 2.45) is 0 Å². The number of nitrogens with one attached hydrogen (secondary N) is 1. The van der Waals surface area contributed by atoms with Gasteiger partial charge in [-0.1, -0.05) is 44.2 Å². The highest BCUT2D eigenvalue weighted by molar-refractivity contribution is 5.92. The van der Waals surface area contributed by atoms with E-state index < -0.39 is 0 Å². The van der Waals surface area contributed by atoms with Crippen LogP contribution in [0.25, 0.3) is 0 Å². The zero-order valence-corrected chi connectivity index (χ0v) is 20.2. The third-order valence-electron chi connectivity index (χ3n) is 5.78. The van der Waals surface area contributed by atoms with Crippen LogP contribution in [0.5, 0.6) is 0 Å². The highest BCUT2D eigenvalue weighted by Gasteiger charge is 2.28. The number of methoxy groups -OCH3 is 1. The summed E-state index contributed by atoms with van der Waals surface area (Å²) in [6.07, 6.45) is 1.60. The number of benzene rings is 2. The largest absolute Gasteiger partial charge is 0.377 e. The molecule has 0 spiro atoms. The van der Waals surface area contributed by atoms with Crippen molar-refractivity contribution in [2.75, 3.05) is 38.0 Å². The van der Waals surface area contributed by atoms with E-state index in [1.54, 1.807) is 0 Å². The van der Waals surface area contributed by atoms with Crippen molar-refractivity contribution >= 4 is 23.2 Å². The predicted molar refractivity (Wildman–Crippen MR) is 131 cm³/mol. The van der Waals surface area contributed by atoms with Crippen molar-refractivity contribution in [3.8, 4) is 0 Å². The topological polar surface area (TPSA) is 61.9 Å². The molecule has 0 aliphatic carbocycles. The van der Waals surface area contributed by atoms with E-state index in [-0.39, 0.29) is 30.4 Å². The molecule has 1 N–H and O–H groups in total. The second kappa shape index (κ2) is 12.2. The lowest BCUT2D eigenvalue weighted by Gasteiger charge is -2.33. The van der Waals surface area contributed by atoms with Crippen LogP contribution in [-0.4, -0.2) is 50.6 Å². The molecule has 0 saturated carbocycles. The summed E-state index contributed by atoms with van der Waals surface area (Å²) in [6, 6.07) is 15.9. The Balaban J connectivity index is 2.40. The summed E-state index contributed by atoms with van der Waals surface area (Å²) >= 11 is 0. The molecule has 0 heterocycles. The van der Waals surface area contributed by atoms with Crippen LogP contribution in [0, 0.1) is 0 Å². The molecule has 0 bridgehead atoms. The van der Waals surface area contributed by atoms with Crippen LogP contribution in [-0.2, 0) is 20.9 Å². The molecule has 0 aromatic heterocycles. The number of hydrogen-bond donors (Lipinski definition) is 1. The fraction of sp³-hybridized carbons (Fsp3) is 0.462. The molecule has 2 atom stereocenters. The number of amides is 2. The van der Waals surface area contributed by atoms with E-state index in [2.05, 4.69) is 26.1 Å². The summed E-state index contributed by atoms with van der Waals surface area (Å²) in [5.41, 5.74) is 3.74. The average Bonchev–Trinajstić information content (AvgIpc) is 2.78. The first kappa shape index (κ1) is 25.4. The summed E-state index contributed by atoms with van der Waals surface area (Å²) in [6.45, 7) is 6.72. The Bertz CT molecular complexity index is 883. The molecule has 0 aliphatic heterocycles. The van der Waals surface area contributed by atoms with Crippen LogP contribution in [0.4, 0.5) is 11.4 Å². The number of nitrogens with zero attached hydrogens (tertiary/aromatic N) is 2. The predicted octanol–water partition coefficient (Wildman–Crippen LogP) is 4.66. The first-order chi connectivity index (χ1) is 15.3. The van der Waals surface area contributed by atoms with Crippen LogP contribution in [0.2, 0.25) is 0 Å². The first-order valence-electron chi connectivity index (χ1n) is 11.3. The third kappa shape index (κ3) is 6.57. The Morgan fingerprint density at radius 3 is 2.28 bits per heavy atom. The molecule has 2 amide bonds. The quantitative estimate of drug-likeness (QED) is 0.553. The van der Waals surface area contributed by atoms with Crippen LogP contribution in [0.3, 0.4) is 0 Å². The van der Waals surface area contributed by atoms with E-state index >= 15 is 0 Å². The fourth-order valence-electron chi connectivity index (χ4n) is 3.85. The third-order valence-corrected chi connectivity index (χ3v) is 5.78. The number of rotatable bonds is 11. The summed E-state index contributed by atoms with van der Waals surface area (Å²) < 4.78 is 4.92. The lowest BCUT2D eigenvalue weighted by atomic mass is 9.94. The Morgan fingerprint density at radius 2 is 1.72 bits per heavy atom. The van der Waals surface area contributed by atoms with Gasteiger partial charge in [0, 0.05) is 45.2 Å². The van der Waals surface area contributed by atoms with E-state index in [0.717, 1.165) is 29.7 Å². The minimum Gasteiger partial charge on any atom is -0.377 e. The van der Waals surface area contributed by atoms with E-state index in [4.69, 9.17) is 4.74 Å². The van der Waals surface area contributed by atoms with Crippen LogP contribution in [0.1, 0.15) is 50.7 Å². The van der Waals surface area contributed by atoms with Gasteiger partial charge in [0.1, 0.15) is 6.61 Å². The maximum absolute atomic E-state index is 13.7. The standard InChI is InChI=1S/C26H37N3O3/c1-7-19(3)29(26(31)23(8-2)20-12-10-9-11-13-20)17-21-16-22(27-25(30)18-32-6)14-15-24(21)28(4)5/h9-16,19,23H,7-8,17-18H2,1-6H3,(H,27,30)/t19-,23-/m1/s1. The van der Waals surface area contributed by atoms with Crippen molar-refractivity contribution in [2.45, 2.75) is 52.1 Å². The molecule has 2 rings (SSSR count). The normalized spacial score (nSPS) is 12.7. The van der Waals surface area contributed by atoms with Gasteiger partial charge in [-0.2, -0.15) is 0 Å². The van der Waals surface area contributed by atoms with Gasteiger partial charge in [0.2, 0.25) is 11.8 Å². The van der Waals surface area contributed by atoms with Gasteiger partial charge in [-0.3, -0.25) is 9.59 Å². The number of hydrogen-bond acceptors (Lipinski definition) is 4. The van der Waals surface area contributed by atoms with Gasteiger partial charge in [0.15, 0.2) is 0 Å². The van der Waals surface area contributed by atoms with Crippen LogP contribution in [0.15, 0.2) is 48.5 Å². The van der Waals surface area contributed by atoms with E-state index in [0.29, 0.717) is 12.2 Å². The van der Waals surface area contributed by atoms with Crippen molar-refractivity contribution in [3.05, 3.63) is 59.7 Å². The van der Waals surface area contributed by atoms with E-state index in [9.17, 15) is 9.59 Å². The average molecular weight is 440 g/mol. The number of carbonyl (C=O) groups is 2.